The second-order valence-corrected chi connectivity index (χ2v) is 3.93. The fourth-order valence-electron chi connectivity index (χ4n) is 1.43. The highest BCUT2D eigenvalue weighted by molar-refractivity contribution is 5.43. The van der Waals surface area contributed by atoms with E-state index < -0.39 is 5.66 Å². The number of allylic oxidation sites excluding steroid dienone is 1. The molecular formula is C12H16N4. The van der Waals surface area contributed by atoms with Gasteiger partial charge in [0.25, 0.3) is 0 Å². The van der Waals surface area contributed by atoms with Gasteiger partial charge in [0.05, 0.1) is 11.4 Å². The largest absolute Gasteiger partial charge is 0.310 e. The Hall–Kier alpha value is -1.78. The molecule has 1 aliphatic carbocycles. The molecule has 16 heavy (non-hydrogen) atoms. The number of benzene rings is 1. The molecule has 1 aliphatic rings. The van der Waals surface area contributed by atoms with Crippen LogP contribution < -0.4 is 22.3 Å². The average molecular weight is 216 g/mol. The summed E-state index contributed by atoms with van der Waals surface area (Å²) in [5.74, 6) is 0. The number of hydrazine groups is 1. The Bertz CT molecular complexity index is 406. The van der Waals surface area contributed by atoms with Crippen LogP contribution in [-0.4, -0.2) is 5.66 Å². The molecule has 0 heterocycles. The van der Waals surface area contributed by atoms with Crippen molar-refractivity contribution in [3.63, 3.8) is 0 Å². The number of rotatable bonds is 3. The summed E-state index contributed by atoms with van der Waals surface area (Å²) in [6.45, 7) is 0. The van der Waals surface area contributed by atoms with Crippen LogP contribution in [-0.2, 0) is 0 Å². The molecule has 0 amide bonds. The van der Waals surface area contributed by atoms with Gasteiger partial charge >= 0.3 is 0 Å². The third kappa shape index (κ3) is 2.85. The summed E-state index contributed by atoms with van der Waals surface area (Å²) in [4.78, 5) is 0. The van der Waals surface area contributed by atoms with Gasteiger partial charge in [0, 0.05) is 12.1 Å². The molecule has 0 fully saturated rings. The molecule has 0 bridgehead atoms. The fourth-order valence-corrected chi connectivity index (χ4v) is 1.43. The molecule has 1 aromatic carbocycles. The van der Waals surface area contributed by atoms with Gasteiger partial charge in [-0.2, -0.15) is 0 Å². The van der Waals surface area contributed by atoms with Crippen molar-refractivity contribution in [2.75, 3.05) is 5.43 Å². The molecule has 0 unspecified atom stereocenters. The van der Waals surface area contributed by atoms with Crippen LogP contribution in [0.5, 0.6) is 0 Å². The Balaban J connectivity index is 1.89. The summed E-state index contributed by atoms with van der Waals surface area (Å²) in [5.41, 5.74) is 18.9. The number of hydrogen-bond acceptors (Lipinski definition) is 4. The van der Waals surface area contributed by atoms with E-state index in [1.165, 1.54) is 0 Å². The second-order valence-electron chi connectivity index (χ2n) is 3.93. The van der Waals surface area contributed by atoms with E-state index in [4.69, 9.17) is 11.5 Å². The predicted molar refractivity (Wildman–Crippen MR) is 66.1 cm³/mol. The van der Waals surface area contributed by atoms with E-state index in [9.17, 15) is 0 Å². The van der Waals surface area contributed by atoms with Gasteiger partial charge in [-0.3, -0.25) is 0 Å². The average Bonchev–Trinajstić information content (AvgIpc) is 2.29. The number of anilines is 1. The molecule has 0 atom stereocenters. The molecule has 6 N–H and O–H groups in total. The Labute approximate surface area is 95.0 Å². The summed E-state index contributed by atoms with van der Waals surface area (Å²) in [6, 6.07) is 9.88. The lowest BCUT2D eigenvalue weighted by Gasteiger charge is -2.23. The topological polar surface area (TPSA) is 76.1 Å². The number of nitrogens with one attached hydrogen (secondary N) is 2. The maximum atomic E-state index is 5.75. The van der Waals surface area contributed by atoms with Gasteiger partial charge in [0.15, 0.2) is 0 Å². The maximum absolute atomic E-state index is 5.75. The molecule has 0 saturated heterocycles. The summed E-state index contributed by atoms with van der Waals surface area (Å²) >= 11 is 0. The van der Waals surface area contributed by atoms with Crippen molar-refractivity contribution in [2.24, 2.45) is 11.5 Å². The van der Waals surface area contributed by atoms with Gasteiger partial charge in [-0.05, 0) is 24.3 Å². The normalized spacial score (nSPS) is 17.8. The molecule has 4 heteroatoms. The molecular weight excluding hydrogens is 200 g/mol. The third-order valence-corrected chi connectivity index (χ3v) is 2.37. The van der Waals surface area contributed by atoms with Crippen LogP contribution >= 0.6 is 0 Å². The van der Waals surface area contributed by atoms with E-state index in [1.807, 2.05) is 42.5 Å². The summed E-state index contributed by atoms with van der Waals surface area (Å²) in [5, 5.41) is 0. The Morgan fingerprint density at radius 1 is 1.06 bits per heavy atom. The van der Waals surface area contributed by atoms with Crippen LogP contribution in [0.15, 0.2) is 54.3 Å². The van der Waals surface area contributed by atoms with Crippen LogP contribution in [0.25, 0.3) is 0 Å². The molecule has 84 valence electrons. The van der Waals surface area contributed by atoms with Gasteiger partial charge in [0.1, 0.15) is 0 Å². The Morgan fingerprint density at radius 3 is 2.44 bits per heavy atom. The second kappa shape index (κ2) is 4.38. The van der Waals surface area contributed by atoms with E-state index in [1.54, 1.807) is 6.08 Å². The van der Waals surface area contributed by atoms with Gasteiger partial charge in [0.2, 0.25) is 0 Å². The van der Waals surface area contributed by atoms with Crippen LogP contribution in [0.4, 0.5) is 5.69 Å². The quantitative estimate of drug-likeness (QED) is 0.450. The van der Waals surface area contributed by atoms with Crippen molar-refractivity contribution < 1.29 is 0 Å². The molecule has 2 rings (SSSR count). The SMILES string of the molecule is NC1(N)C=CC(NNc2ccccc2)=CC1. The minimum atomic E-state index is -0.710. The molecule has 0 aliphatic heterocycles. The van der Waals surface area contributed by atoms with Gasteiger partial charge < -0.3 is 22.3 Å². The molecule has 0 saturated carbocycles. The van der Waals surface area contributed by atoms with Crippen LogP contribution in [0.3, 0.4) is 0 Å². The minimum Gasteiger partial charge on any atom is -0.310 e. The van der Waals surface area contributed by atoms with Crippen LogP contribution in [0.2, 0.25) is 0 Å². The summed E-state index contributed by atoms with van der Waals surface area (Å²) in [6.07, 6.45) is 6.26. The van der Waals surface area contributed by atoms with Gasteiger partial charge in [-0.1, -0.05) is 24.3 Å². The molecule has 0 aromatic heterocycles. The zero-order valence-corrected chi connectivity index (χ0v) is 8.98. The lowest BCUT2D eigenvalue weighted by molar-refractivity contribution is 0.552. The van der Waals surface area contributed by atoms with E-state index in [0.717, 1.165) is 11.4 Å². The zero-order valence-electron chi connectivity index (χ0n) is 8.98. The fraction of sp³-hybridized carbons (Fsp3) is 0.167. The summed E-state index contributed by atoms with van der Waals surface area (Å²) in [7, 11) is 0. The highest BCUT2D eigenvalue weighted by Gasteiger charge is 2.16. The first-order valence-electron chi connectivity index (χ1n) is 5.20. The van der Waals surface area contributed by atoms with Crippen molar-refractivity contribution in [1.29, 1.82) is 0 Å². The Morgan fingerprint density at radius 2 is 1.81 bits per heavy atom. The molecule has 4 nitrogen and oxygen atoms in total. The van der Waals surface area contributed by atoms with Crippen molar-refractivity contribution in [2.45, 2.75) is 12.1 Å². The van der Waals surface area contributed by atoms with Crippen LogP contribution in [0, 0.1) is 0 Å². The van der Waals surface area contributed by atoms with E-state index in [2.05, 4.69) is 10.9 Å². The predicted octanol–water partition coefficient (Wildman–Crippen LogP) is 1.06. The third-order valence-electron chi connectivity index (χ3n) is 2.37. The van der Waals surface area contributed by atoms with Gasteiger partial charge in [-0.25, -0.2) is 0 Å². The first-order valence-corrected chi connectivity index (χ1v) is 5.20. The van der Waals surface area contributed by atoms with Crippen molar-refractivity contribution in [1.82, 2.24) is 5.43 Å². The molecule has 0 spiro atoms. The van der Waals surface area contributed by atoms with E-state index >= 15 is 0 Å². The lowest BCUT2D eigenvalue weighted by atomic mass is 10.0. The number of nitrogens with two attached hydrogens (primary N) is 2. The first kappa shape index (κ1) is 10.7. The smallest absolute Gasteiger partial charge is 0.0868 e. The van der Waals surface area contributed by atoms with Gasteiger partial charge in [-0.15, -0.1) is 0 Å². The Kier molecular flexibility index (Phi) is 2.94. The standard InChI is InChI=1S/C12H16N4/c13-12(14)8-6-11(7-9-12)16-15-10-4-2-1-3-5-10/h1-8,15-16H,9,13-14H2. The van der Waals surface area contributed by atoms with Crippen LogP contribution in [0.1, 0.15) is 6.42 Å². The van der Waals surface area contributed by atoms with Crippen molar-refractivity contribution in [3.8, 4) is 0 Å². The maximum Gasteiger partial charge on any atom is 0.0868 e. The van der Waals surface area contributed by atoms with Crippen molar-refractivity contribution >= 4 is 5.69 Å². The van der Waals surface area contributed by atoms with E-state index in [0.29, 0.717) is 6.42 Å². The summed E-state index contributed by atoms with van der Waals surface area (Å²) < 4.78 is 0. The van der Waals surface area contributed by atoms with E-state index in [-0.39, 0.29) is 0 Å². The lowest BCUT2D eigenvalue weighted by Crippen LogP contribution is -2.48. The highest BCUT2D eigenvalue weighted by atomic mass is 15.4. The highest BCUT2D eigenvalue weighted by Crippen LogP contribution is 2.12. The monoisotopic (exact) mass is 216 g/mol. The van der Waals surface area contributed by atoms with Crippen molar-refractivity contribution in [3.05, 3.63) is 54.3 Å². The first-order chi connectivity index (χ1) is 7.66. The minimum absolute atomic E-state index is 0.627. The molecule has 0 radical (unpaired) electrons. The number of para-hydroxylation sites is 1. The molecule has 1 aromatic rings. The zero-order chi connectivity index (χ0) is 11.4. The number of hydrogen-bond donors (Lipinski definition) is 4.